The van der Waals surface area contributed by atoms with Crippen molar-refractivity contribution < 1.29 is 28.5 Å². The fourth-order valence-corrected chi connectivity index (χ4v) is 3.17. The zero-order valence-electron chi connectivity index (χ0n) is 16.9. The molecule has 0 radical (unpaired) electrons. The lowest BCUT2D eigenvalue weighted by Gasteiger charge is -2.16. The molecule has 3 aromatic rings. The molecular formula is C22H22O7. The first-order valence-electron chi connectivity index (χ1n) is 8.96. The summed E-state index contributed by atoms with van der Waals surface area (Å²) in [5.41, 5.74) is 2.12. The van der Waals surface area contributed by atoms with Crippen molar-refractivity contribution in [3.05, 3.63) is 51.7 Å². The van der Waals surface area contributed by atoms with Crippen LogP contribution in [0.3, 0.4) is 0 Å². The monoisotopic (exact) mass is 398 g/mol. The zero-order valence-corrected chi connectivity index (χ0v) is 16.9. The second-order valence-corrected chi connectivity index (χ2v) is 6.71. The minimum atomic E-state index is -1.24. The molecule has 7 nitrogen and oxygen atoms in total. The zero-order chi connectivity index (χ0) is 21.3. The normalized spacial score (nSPS) is 11.9. The van der Waals surface area contributed by atoms with E-state index in [1.54, 1.807) is 31.2 Å². The molecule has 1 atom stereocenters. The van der Waals surface area contributed by atoms with E-state index in [9.17, 15) is 14.7 Å². The van der Waals surface area contributed by atoms with Gasteiger partial charge in [-0.2, -0.15) is 0 Å². The van der Waals surface area contributed by atoms with E-state index < -0.39 is 17.5 Å². The summed E-state index contributed by atoms with van der Waals surface area (Å²) < 4.78 is 22.2. The van der Waals surface area contributed by atoms with Crippen LogP contribution in [0.15, 0.2) is 39.5 Å². The standard InChI is InChI=1S/C22H22O7/c1-11-8-12(2)18-17(9-11)29-20(21(19(18)23)28-13(3)22(24)25)14-6-7-15(26-4)16(10-14)27-5/h6-10,13H,1-5H3,(H,24,25). The summed E-state index contributed by atoms with van der Waals surface area (Å²) in [7, 11) is 3.01. The van der Waals surface area contributed by atoms with Crippen molar-refractivity contribution in [2.75, 3.05) is 14.2 Å². The van der Waals surface area contributed by atoms with Gasteiger partial charge in [-0.1, -0.05) is 6.07 Å². The van der Waals surface area contributed by atoms with E-state index in [1.807, 2.05) is 13.0 Å². The van der Waals surface area contributed by atoms with Crippen molar-refractivity contribution in [3.8, 4) is 28.6 Å². The Morgan fingerprint density at radius 1 is 1.07 bits per heavy atom. The van der Waals surface area contributed by atoms with Crippen LogP contribution in [0.5, 0.6) is 17.2 Å². The maximum Gasteiger partial charge on any atom is 0.344 e. The molecule has 0 saturated carbocycles. The average molecular weight is 398 g/mol. The van der Waals surface area contributed by atoms with Crippen LogP contribution in [-0.4, -0.2) is 31.4 Å². The maximum atomic E-state index is 13.3. The van der Waals surface area contributed by atoms with E-state index >= 15 is 0 Å². The molecule has 152 valence electrons. The van der Waals surface area contributed by atoms with Crippen LogP contribution >= 0.6 is 0 Å². The first-order valence-corrected chi connectivity index (χ1v) is 8.96. The maximum absolute atomic E-state index is 13.3. The number of aryl methyl sites for hydroxylation is 2. The third-order valence-electron chi connectivity index (χ3n) is 4.58. The smallest absolute Gasteiger partial charge is 0.344 e. The van der Waals surface area contributed by atoms with Gasteiger partial charge in [0, 0.05) is 5.56 Å². The van der Waals surface area contributed by atoms with Gasteiger partial charge in [0.2, 0.25) is 11.2 Å². The highest BCUT2D eigenvalue weighted by molar-refractivity contribution is 5.86. The van der Waals surface area contributed by atoms with E-state index in [0.29, 0.717) is 28.0 Å². The molecule has 2 aromatic carbocycles. The second kappa shape index (κ2) is 7.87. The van der Waals surface area contributed by atoms with Crippen molar-refractivity contribution in [3.63, 3.8) is 0 Å². The summed E-state index contributed by atoms with van der Waals surface area (Å²) in [5, 5.41) is 9.61. The summed E-state index contributed by atoms with van der Waals surface area (Å²) in [6.45, 7) is 5.05. The number of carboxylic acids is 1. The van der Waals surface area contributed by atoms with Gasteiger partial charge < -0.3 is 23.7 Å². The number of rotatable bonds is 6. The largest absolute Gasteiger partial charge is 0.493 e. The predicted octanol–water partition coefficient (Wildman–Crippen LogP) is 3.95. The molecule has 0 aliphatic rings. The minimum Gasteiger partial charge on any atom is -0.493 e. The third kappa shape index (κ3) is 3.76. The van der Waals surface area contributed by atoms with Gasteiger partial charge in [-0.25, -0.2) is 4.79 Å². The van der Waals surface area contributed by atoms with Crippen LogP contribution in [0.1, 0.15) is 18.1 Å². The lowest BCUT2D eigenvalue weighted by molar-refractivity contribution is -0.144. The quantitative estimate of drug-likeness (QED) is 0.672. The Balaban J connectivity index is 2.34. The highest BCUT2D eigenvalue weighted by atomic mass is 16.5. The molecular weight excluding hydrogens is 376 g/mol. The molecule has 0 amide bonds. The van der Waals surface area contributed by atoms with E-state index in [4.69, 9.17) is 18.6 Å². The molecule has 0 aliphatic carbocycles. The van der Waals surface area contributed by atoms with E-state index in [2.05, 4.69) is 0 Å². The number of methoxy groups -OCH3 is 2. The number of aliphatic carboxylic acids is 1. The Bertz CT molecular complexity index is 1140. The van der Waals surface area contributed by atoms with Gasteiger partial charge >= 0.3 is 5.97 Å². The molecule has 0 spiro atoms. The highest BCUT2D eigenvalue weighted by Gasteiger charge is 2.24. The Hall–Kier alpha value is -3.48. The highest BCUT2D eigenvalue weighted by Crippen LogP contribution is 2.37. The van der Waals surface area contributed by atoms with Gasteiger partial charge in [-0.3, -0.25) is 4.79 Å². The summed E-state index contributed by atoms with van der Waals surface area (Å²) in [6.07, 6.45) is -1.24. The predicted molar refractivity (Wildman–Crippen MR) is 108 cm³/mol. The van der Waals surface area contributed by atoms with Crippen LogP contribution in [-0.2, 0) is 4.79 Å². The van der Waals surface area contributed by atoms with Crippen LogP contribution in [0.25, 0.3) is 22.3 Å². The molecule has 1 unspecified atom stereocenters. The van der Waals surface area contributed by atoms with Gasteiger partial charge in [0.1, 0.15) is 5.58 Å². The first-order chi connectivity index (χ1) is 13.8. The molecule has 0 saturated heterocycles. The van der Waals surface area contributed by atoms with Crippen molar-refractivity contribution in [2.45, 2.75) is 26.9 Å². The van der Waals surface area contributed by atoms with Gasteiger partial charge in [0.25, 0.3) is 0 Å². The summed E-state index contributed by atoms with van der Waals surface area (Å²) >= 11 is 0. The Morgan fingerprint density at radius 2 is 1.76 bits per heavy atom. The molecule has 1 aromatic heterocycles. The summed E-state index contributed by atoms with van der Waals surface area (Å²) in [6, 6.07) is 8.62. The molecule has 7 heteroatoms. The number of benzene rings is 2. The fraction of sp³-hybridized carbons (Fsp3) is 0.273. The first kappa shape index (κ1) is 20.3. The number of carboxylic acid groups (broad SMARTS) is 1. The molecule has 3 rings (SSSR count). The molecule has 0 fully saturated rings. The van der Waals surface area contributed by atoms with E-state index in [1.165, 1.54) is 21.1 Å². The summed E-state index contributed by atoms with van der Waals surface area (Å²) in [5.74, 6) is -0.283. The van der Waals surface area contributed by atoms with Crippen LogP contribution in [0.4, 0.5) is 0 Å². The number of hydrogen-bond acceptors (Lipinski definition) is 6. The Labute approximate surface area is 167 Å². The van der Waals surface area contributed by atoms with Crippen molar-refractivity contribution in [1.82, 2.24) is 0 Å². The van der Waals surface area contributed by atoms with Gasteiger partial charge in [-0.15, -0.1) is 0 Å². The lowest BCUT2D eigenvalue weighted by atomic mass is 10.0. The Morgan fingerprint density at radius 3 is 2.38 bits per heavy atom. The topological polar surface area (TPSA) is 95.2 Å². The number of fused-ring (bicyclic) bond motifs is 1. The van der Waals surface area contributed by atoms with E-state index in [0.717, 1.165) is 11.1 Å². The molecule has 1 N–H and O–H groups in total. The van der Waals surface area contributed by atoms with Crippen LogP contribution in [0, 0.1) is 13.8 Å². The third-order valence-corrected chi connectivity index (χ3v) is 4.58. The van der Waals surface area contributed by atoms with Gasteiger partial charge in [0.15, 0.2) is 23.4 Å². The van der Waals surface area contributed by atoms with Crippen molar-refractivity contribution in [2.24, 2.45) is 0 Å². The molecule has 1 heterocycles. The van der Waals surface area contributed by atoms with Crippen molar-refractivity contribution in [1.29, 1.82) is 0 Å². The fourth-order valence-electron chi connectivity index (χ4n) is 3.17. The Kier molecular flexibility index (Phi) is 5.50. The number of hydrogen-bond donors (Lipinski definition) is 1. The minimum absolute atomic E-state index is 0.126. The van der Waals surface area contributed by atoms with Crippen LogP contribution < -0.4 is 19.6 Å². The van der Waals surface area contributed by atoms with Gasteiger partial charge in [-0.05, 0) is 56.2 Å². The van der Waals surface area contributed by atoms with E-state index in [-0.39, 0.29) is 11.5 Å². The SMILES string of the molecule is COc1ccc(-c2oc3cc(C)cc(C)c3c(=O)c2OC(C)C(=O)O)cc1OC. The van der Waals surface area contributed by atoms with Gasteiger partial charge in [0.05, 0.1) is 19.6 Å². The lowest BCUT2D eigenvalue weighted by Crippen LogP contribution is -2.26. The average Bonchev–Trinajstić information content (AvgIpc) is 2.68. The second-order valence-electron chi connectivity index (χ2n) is 6.71. The summed E-state index contributed by atoms with van der Waals surface area (Å²) in [4.78, 5) is 24.6. The molecule has 29 heavy (non-hydrogen) atoms. The van der Waals surface area contributed by atoms with Crippen LogP contribution in [0.2, 0.25) is 0 Å². The number of carbonyl (C=O) groups is 1. The molecule has 0 aliphatic heterocycles. The number of ether oxygens (including phenoxy) is 3. The molecule has 0 bridgehead atoms. The van der Waals surface area contributed by atoms with Crippen molar-refractivity contribution >= 4 is 16.9 Å².